The number of hydrogen-bond acceptors (Lipinski definition) is 4. The van der Waals surface area contributed by atoms with Crippen molar-refractivity contribution in [2.45, 2.75) is 19.6 Å². The fourth-order valence-corrected chi connectivity index (χ4v) is 2.53. The molecule has 2 heterocycles. The van der Waals surface area contributed by atoms with Crippen molar-refractivity contribution in [1.29, 1.82) is 0 Å². The lowest BCUT2D eigenvalue weighted by molar-refractivity contribution is 0.199. The highest BCUT2D eigenvalue weighted by Crippen LogP contribution is 2.29. The van der Waals surface area contributed by atoms with Crippen LogP contribution in [-0.4, -0.2) is 27.7 Å². The summed E-state index contributed by atoms with van der Waals surface area (Å²) in [6.45, 7) is 2.29. The topological polar surface area (TPSA) is 49.2 Å². The summed E-state index contributed by atoms with van der Waals surface area (Å²) in [5, 5.41) is 0. The highest BCUT2D eigenvalue weighted by Gasteiger charge is 2.19. The van der Waals surface area contributed by atoms with Crippen molar-refractivity contribution in [1.82, 2.24) is 14.5 Å². The summed E-state index contributed by atoms with van der Waals surface area (Å²) in [6.07, 6.45) is 6.28. The Labute approximate surface area is 143 Å². The summed E-state index contributed by atoms with van der Waals surface area (Å²) >= 11 is 0. The lowest BCUT2D eigenvalue weighted by Crippen LogP contribution is -2.20. The average molecular weight is 345 g/mol. The zero-order valence-corrected chi connectivity index (χ0v) is 13.8. The quantitative estimate of drug-likeness (QED) is 0.683. The Bertz CT molecular complexity index is 853. The summed E-state index contributed by atoms with van der Waals surface area (Å²) in [5.74, 6) is -1.21. The minimum Gasteiger partial charge on any atom is -0.494 e. The van der Waals surface area contributed by atoms with Gasteiger partial charge in [-0.1, -0.05) is 0 Å². The van der Waals surface area contributed by atoms with Crippen molar-refractivity contribution in [3.8, 4) is 22.9 Å². The van der Waals surface area contributed by atoms with Gasteiger partial charge in [-0.05, 0) is 31.2 Å². The maximum atomic E-state index is 14.3. The molecule has 0 unspecified atom stereocenters. The number of benzene rings is 1. The third-order valence-electron chi connectivity index (χ3n) is 3.65. The van der Waals surface area contributed by atoms with Gasteiger partial charge in [0.25, 0.3) is 0 Å². The number of imidazole rings is 1. The van der Waals surface area contributed by atoms with E-state index in [4.69, 9.17) is 9.47 Å². The third-order valence-corrected chi connectivity index (χ3v) is 3.65. The van der Waals surface area contributed by atoms with Crippen molar-refractivity contribution in [3.05, 3.63) is 60.7 Å². The van der Waals surface area contributed by atoms with Crippen LogP contribution in [0, 0.1) is 11.6 Å². The number of methoxy groups -OCH3 is 1. The van der Waals surface area contributed by atoms with E-state index in [2.05, 4.69) is 9.97 Å². The smallest absolute Gasteiger partial charge is 0.201 e. The van der Waals surface area contributed by atoms with Gasteiger partial charge in [0.05, 0.1) is 25.4 Å². The van der Waals surface area contributed by atoms with Gasteiger partial charge in [0.2, 0.25) is 5.82 Å². The number of nitrogens with zero attached hydrogens (tertiary/aromatic N) is 3. The van der Waals surface area contributed by atoms with E-state index < -0.39 is 11.6 Å². The van der Waals surface area contributed by atoms with Crippen LogP contribution in [0.4, 0.5) is 8.78 Å². The van der Waals surface area contributed by atoms with Gasteiger partial charge >= 0.3 is 0 Å². The Balaban J connectivity index is 1.82. The zero-order valence-electron chi connectivity index (χ0n) is 13.8. The first-order chi connectivity index (χ1) is 12.1. The highest BCUT2D eigenvalue weighted by molar-refractivity contribution is 5.58. The molecule has 7 heteroatoms. The van der Waals surface area contributed by atoms with Gasteiger partial charge in [-0.3, -0.25) is 4.98 Å². The van der Waals surface area contributed by atoms with Gasteiger partial charge in [0.15, 0.2) is 11.6 Å². The Hall–Kier alpha value is -2.96. The molecule has 0 aliphatic rings. The Morgan fingerprint density at radius 3 is 2.72 bits per heavy atom. The van der Waals surface area contributed by atoms with Crippen LogP contribution in [0.5, 0.6) is 11.5 Å². The number of hydrogen-bond donors (Lipinski definition) is 0. The standard InChI is InChI=1S/C18H17F2N3O2/c1-12(25-13-4-3-7-21-10-13)11-23-9-8-22-18(23)14-5-6-15(24-2)17(20)16(14)19/h3-10,12H,11H2,1-2H3/t12-/m0/s1. The Morgan fingerprint density at radius 2 is 2.00 bits per heavy atom. The third kappa shape index (κ3) is 3.60. The summed E-state index contributed by atoms with van der Waals surface area (Å²) < 4.78 is 40.6. The molecule has 0 N–H and O–H groups in total. The van der Waals surface area contributed by atoms with Crippen LogP contribution in [0.3, 0.4) is 0 Å². The molecule has 1 atom stereocenters. The second-order valence-electron chi connectivity index (χ2n) is 5.46. The van der Waals surface area contributed by atoms with Crippen LogP contribution < -0.4 is 9.47 Å². The molecule has 0 amide bonds. The molecule has 3 aromatic rings. The van der Waals surface area contributed by atoms with Crippen LogP contribution in [-0.2, 0) is 6.54 Å². The van der Waals surface area contributed by atoms with E-state index in [1.165, 1.54) is 25.4 Å². The molecule has 0 saturated heterocycles. The van der Waals surface area contributed by atoms with Gasteiger partial charge in [0.1, 0.15) is 17.7 Å². The van der Waals surface area contributed by atoms with Crippen molar-refractivity contribution >= 4 is 0 Å². The fraction of sp³-hybridized carbons (Fsp3) is 0.222. The molecule has 130 valence electrons. The molecule has 0 aliphatic heterocycles. The maximum Gasteiger partial charge on any atom is 0.201 e. The molecule has 1 aromatic carbocycles. The Kier molecular flexibility index (Phi) is 4.92. The molecule has 0 aliphatic carbocycles. The lowest BCUT2D eigenvalue weighted by atomic mass is 10.1. The molecule has 0 bridgehead atoms. The monoisotopic (exact) mass is 345 g/mol. The van der Waals surface area contributed by atoms with Crippen molar-refractivity contribution in [2.75, 3.05) is 7.11 Å². The van der Waals surface area contributed by atoms with Crippen LogP contribution in [0.1, 0.15) is 6.92 Å². The van der Waals surface area contributed by atoms with Crippen LogP contribution >= 0.6 is 0 Å². The fourth-order valence-electron chi connectivity index (χ4n) is 2.53. The number of aromatic nitrogens is 3. The predicted octanol–water partition coefficient (Wildman–Crippen LogP) is 3.70. The van der Waals surface area contributed by atoms with E-state index >= 15 is 0 Å². The minimum absolute atomic E-state index is 0.0666. The van der Waals surface area contributed by atoms with Crippen LogP contribution in [0.2, 0.25) is 0 Å². The van der Waals surface area contributed by atoms with Gasteiger partial charge in [-0.2, -0.15) is 4.39 Å². The summed E-state index contributed by atoms with van der Waals surface area (Å²) in [5.41, 5.74) is 0.0666. The van der Waals surface area contributed by atoms with Gasteiger partial charge in [-0.15, -0.1) is 0 Å². The van der Waals surface area contributed by atoms with E-state index in [0.717, 1.165) is 0 Å². The second-order valence-corrected chi connectivity index (χ2v) is 5.46. The largest absolute Gasteiger partial charge is 0.494 e. The predicted molar refractivity (Wildman–Crippen MR) is 88.5 cm³/mol. The number of ether oxygens (including phenoxy) is 2. The first-order valence-electron chi connectivity index (χ1n) is 7.70. The molecule has 2 aromatic heterocycles. The van der Waals surface area contributed by atoms with E-state index in [9.17, 15) is 8.78 Å². The molecule has 3 rings (SSSR count). The first-order valence-corrected chi connectivity index (χ1v) is 7.70. The molecule has 0 spiro atoms. The van der Waals surface area contributed by atoms with E-state index in [1.807, 2.05) is 6.92 Å². The van der Waals surface area contributed by atoms with Gasteiger partial charge in [0, 0.05) is 18.6 Å². The number of pyridine rings is 1. The first kappa shape index (κ1) is 16.9. The molecule has 25 heavy (non-hydrogen) atoms. The van der Waals surface area contributed by atoms with Crippen molar-refractivity contribution < 1.29 is 18.3 Å². The molecule has 0 radical (unpaired) electrons. The number of halogens is 2. The van der Waals surface area contributed by atoms with E-state index in [0.29, 0.717) is 18.1 Å². The zero-order chi connectivity index (χ0) is 17.8. The molecule has 0 fully saturated rings. The summed E-state index contributed by atoms with van der Waals surface area (Å²) in [4.78, 5) is 8.14. The highest BCUT2D eigenvalue weighted by atomic mass is 19.2. The summed E-state index contributed by atoms with van der Waals surface area (Å²) in [6, 6.07) is 6.40. The normalized spacial score (nSPS) is 12.0. The van der Waals surface area contributed by atoms with Crippen molar-refractivity contribution in [3.63, 3.8) is 0 Å². The van der Waals surface area contributed by atoms with E-state index in [1.54, 1.807) is 35.3 Å². The average Bonchev–Trinajstić information content (AvgIpc) is 3.06. The lowest BCUT2D eigenvalue weighted by Gasteiger charge is -2.17. The van der Waals surface area contributed by atoms with Gasteiger partial charge < -0.3 is 14.0 Å². The molecule has 5 nitrogen and oxygen atoms in total. The molecule has 0 saturated carbocycles. The molecular weight excluding hydrogens is 328 g/mol. The maximum absolute atomic E-state index is 14.3. The second kappa shape index (κ2) is 7.29. The summed E-state index contributed by atoms with van der Waals surface area (Å²) in [7, 11) is 1.29. The van der Waals surface area contributed by atoms with Gasteiger partial charge in [-0.25, -0.2) is 9.37 Å². The minimum atomic E-state index is -1.03. The Morgan fingerprint density at radius 1 is 1.16 bits per heavy atom. The van der Waals surface area contributed by atoms with Crippen molar-refractivity contribution in [2.24, 2.45) is 0 Å². The number of rotatable bonds is 6. The van der Waals surface area contributed by atoms with Crippen LogP contribution in [0.25, 0.3) is 11.4 Å². The SMILES string of the molecule is COc1ccc(-c2nccn2C[C@H](C)Oc2cccnc2)c(F)c1F. The van der Waals surface area contributed by atoms with E-state index in [-0.39, 0.29) is 17.4 Å². The molecular formula is C18H17F2N3O2. The van der Waals surface area contributed by atoms with Crippen LogP contribution in [0.15, 0.2) is 49.1 Å².